The van der Waals surface area contributed by atoms with E-state index < -0.39 is 17.9 Å². The van der Waals surface area contributed by atoms with E-state index in [9.17, 15) is 9.90 Å². The van der Waals surface area contributed by atoms with Crippen LogP contribution < -0.4 is 0 Å². The second kappa shape index (κ2) is 3.51. The molecule has 1 aliphatic rings. The van der Waals surface area contributed by atoms with Gasteiger partial charge in [0.15, 0.2) is 6.23 Å². The summed E-state index contributed by atoms with van der Waals surface area (Å²) in [6, 6.07) is 0. The van der Waals surface area contributed by atoms with E-state index in [-0.39, 0.29) is 0 Å². The van der Waals surface area contributed by atoms with Gasteiger partial charge in [0, 0.05) is 6.42 Å². The topological polar surface area (TPSA) is 59.0 Å². The van der Waals surface area contributed by atoms with E-state index in [4.69, 9.17) is 9.57 Å². The van der Waals surface area contributed by atoms with Gasteiger partial charge >= 0.3 is 6.09 Å². The summed E-state index contributed by atoms with van der Waals surface area (Å²) in [4.78, 5) is 16.2. The Balaban J connectivity index is 2.48. The molecule has 1 amide bonds. The third kappa shape index (κ3) is 2.86. The molecule has 0 saturated carbocycles. The first-order valence-electron chi connectivity index (χ1n) is 4.23. The molecule has 0 aliphatic carbocycles. The zero-order valence-electron chi connectivity index (χ0n) is 8.11. The Bertz CT molecular complexity index is 199. The van der Waals surface area contributed by atoms with Crippen molar-refractivity contribution in [3.05, 3.63) is 0 Å². The Morgan fingerprint density at radius 1 is 1.62 bits per heavy atom. The molecule has 13 heavy (non-hydrogen) atoms. The van der Waals surface area contributed by atoms with E-state index in [1.165, 1.54) is 0 Å². The van der Waals surface area contributed by atoms with Gasteiger partial charge in [-0.2, -0.15) is 5.06 Å². The van der Waals surface area contributed by atoms with Crippen LogP contribution in [0.1, 0.15) is 27.2 Å². The standard InChI is InChI=1S/C8H15NO4/c1-8(2,3)13-7(11)9-6(10)4-5-12-9/h6,10H,4-5H2,1-3H3/t6-/m1/s1. The first-order chi connectivity index (χ1) is 5.90. The zero-order valence-corrected chi connectivity index (χ0v) is 8.11. The molecule has 1 N–H and O–H groups in total. The summed E-state index contributed by atoms with van der Waals surface area (Å²) in [5.74, 6) is 0. The van der Waals surface area contributed by atoms with Gasteiger partial charge in [-0.1, -0.05) is 0 Å². The molecule has 5 heteroatoms. The van der Waals surface area contributed by atoms with Crippen molar-refractivity contribution in [2.24, 2.45) is 0 Å². The second-order valence-electron chi connectivity index (χ2n) is 3.91. The van der Waals surface area contributed by atoms with Gasteiger partial charge in [0.1, 0.15) is 5.60 Å². The van der Waals surface area contributed by atoms with E-state index in [2.05, 4.69) is 0 Å². The predicted octanol–water partition coefficient (Wildman–Crippen LogP) is 0.877. The number of hydrogen-bond donors (Lipinski definition) is 1. The lowest BCUT2D eigenvalue weighted by Gasteiger charge is -2.24. The molecule has 0 unspecified atom stereocenters. The number of aliphatic hydroxyl groups excluding tert-OH is 1. The monoisotopic (exact) mass is 189 g/mol. The van der Waals surface area contributed by atoms with Crippen molar-refractivity contribution < 1.29 is 19.5 Å². The summed E-state index contributed by atoms with van der Waals surface area (Å²) >= 11 is 0. The van der Waals surface area contributed by atoms with Gasteiger partial charge in [-0.15, -0.1) is 0 Å². The van der Waals surface area contributed by atoms with Crippen LogP contribution in [0.5, 0.6) is 0 Å². The fourth-order valence-corrected chi connectivity index (χ4v) is 0.941. The van der Waals surface area contributed by atoms with Crippen molar-refractivity contribution >= 4 is 6.09 Å². The van der Waals surface area contributed by atoms with Gasteiger partial charge in [0.25, 0.3) is 0 Å². The molecule has 76 valence electrons. The van der Waals surface area contributed by atoms with E-state index >= 15 is 0 Å². The molecule has 0 aromatic carbocycles. The molecule has 1 atom stereocenters. The minimum absolute atomic E-state index is 0.348. The summed E-state index contributed by atoms with van der Waals surface area (Å²) in [6.07, 6.45) is -1.09. The number of ether oxygens (including phenoxy) is 1. The molecule has 0 aromatic rings. The highest BCUT2D eigenvalue weighted by atomic mass is 16.8. The number of nitrogens with zero attached hydrogens (tertiary/aromatic N) is 1. The maximum Gasteiger partial charge on any atom is 0.437 e. The lowest BCUT2D eigenvalue weighted by atomic mass is 10.2. The van der Waals surface area contributed by atoms with Crippen molar-refractivity contribution in [3.63, 3.8) is 0 Å². The summed E-state index contributed by atoms with van der Waals surface area (Å²) in [5.41, 5.74) is -0.567. The second-order valence-corrected chi connectivity index (χ2v) is 3.91. The Labute approximate surface area is 77.2 Å². The quantitative estimate of drug-likeness (QED) is 0.614. The highest BCUT2D eigenvalue weighted by Gasteiger charge is 2.32. The molecule has 1 aliphatic heterocycles. The van der Waals surface area contributed by atoms with Crippen LogP contribution in [0.3, 0.4) is 0 Å². The minimum Gasteiger partial charge on any atom is -0.442 e. The maximum absolute atomic E-state index is 11.3. The van der Waals surface area contributed by atoms with E-state index in [1.807, 2.05) is 0 Å². The Morgan fingerprint density at radius 3 is 2.62 bits per heavy atom. The minimum atomic E-state index is -0.880. The number of carbonyl (C=O) groups is 1. The molecule has 1 fully saturated rings. The van der Waals surface area contributed by atoms with Gasteiger partial charge in [0.2, 0.25) is 0 Å². The van der Waals surface area contributed by atoms with Crippen LogP contribution in [0, 0.1) is 0 Å². The molecule has 0 radical (unpaired) electrons. The summed E-state index contributed by atoms with van der Waals surface area (Å²) in [7, 11) is 0. The fourth-order valence-electron chi connectivity index (χ4n) is 0.941. The maximum atomic E-state index is 11.3. The number of hydrogen-bond acceptors (Lipinski definition) is 4. The first kappa shape index (κ1) is 10.3. The molecule has 5 nitrogen and oxygen atoms in total. The van der Waals surface area contributed by atoms with Crippen molar-refractivity contribution in [2.75, 3.05) is 6.61 Å². The van der Waals surface area contributed by atoms with Gasteiger partial charge in [0.05, 0.1) is 6.61 Å². The average Bonchev–Trinajstić information content (AvgIpc) is 2.30. The SMILES string of the molecule is CC(C)(C)OC(=O)N1OCC[C@H]1O. The van der Waals surface area contributed by atoms with Crippen molar-refractivity contribution in [1.82, 2.24) is 5.06 Å². The van der Waals surface area contributed by atoms with Crippen LogP contribution in [0.25, 0.3) is 0 Å². The van der Waals surface area contributed by atoms with E-state index in [0.717, 1.165) is 5.06 Å². The Hall–Kier alpha value is -0.810. The van der Waals surface area contributed by atoms with Crippen LogP contribution in [0.4, 0.5) is 4.79 Å². The fraction of sp³-hybridized carbons (Fsp3) is 0.875. The zero-order chi connectivity index (χ0) is 10.1. The van der Waals surface area contributed by atoms with Crippen LogP contribution >= 0.6 is 0 Å². The molecule has 0 bridgehead atoms. The first-order valence-corrected chi connectivity index (χ1v) is 4.23. The normalized spacial score (nSPS) is 23.4. The third-order valence-corrected chi connectivity index (χ3v) is 1.45. The molecule has 1 rings (SSSR count). The lowest BCUT2D eigenvalue weighted by molar-refractivity contribution is -0.164. The lowest BCUT2D eigenvalue weighted by Crippen LogP contribution is -2.38. The number of rotatable bonds is 0. The summed E-state index contributed by atoms with van der Waals surface area (Å²) < 4.78 is 4.99. The number of aliphatic hydroxyl groups is 1. The van der Waals surface area contributed by atoms with Gasteiger partial charge < -0.3 is 9.84 Å². The predicted molar refractivity (Wildman–Crippen MR) is 44.6 cm³/mol. The molecule has 0 spiro atoms. The smallest absolute Gasteiger partial charge is 0.437 e. The van der Waals surface area contributed by atoms with Gasteiger partial charge in [-0.05, 0) is 20.8 Å². The van der Waals surface area contributed by atoms with Crippen molar-refractivity contribution in [1.29, 1.82) is 0 Å². The molecular weight excluding hydrogens is 174 g/mol. The third-order valence-electron chi connectivity index (χ3n) is 1.45. The van der Waals surface area contributed by atoms with Crippen molar-refractivity contribution in [3.8, 4) is 0 Å². The van der Waals surface area contributed by atoms with E-state index in [1.54, 1.807) is 20.8 Å². The number of carbonyl (C=O) groups excluding carboxylic acids is 1. The van der Waals surface area contributed by atoms with Gasteiger partial charge in [-0.3, -0.25) is 4.84 Å². The van der Waals surface area contributed by atoms with E-state index in [0.29, 0.717) is 13.0 Å². The Morgan fingerprint density at radius 2 is 2.23 bits per heavy atom. The molecule has 1 saturated heterocycles. The highest BCUT2D eigenvalue weighted by Crippen LogP contribution is 2.16. The average molecular weight is 189 g/mol. The van der Waals surface area contributed by atoms with Crippen molar-refractivity contribution in [2.45, 2.75) is 39.0 Å². The Kier molecular flexibility index (Phi) is 2.77. The van der Waals surface area contributed by atoms with Crippen LogP contribution in [-0.2, 0) is 9.57 Å². The number of amides is 1. The largest absolute Gasteiger partial charge is 0.442 e. The molecular formula is C8H15NO4. The summed E-state index contributed by atoms with van der Waals surface area (Å²) in [6.45, 7) is 5.62. The van der Waals surface area contributed by atoms with Crippen LogP contribution in [0.2, 0.25) is 0 Å². The molecule has 0 aromatic heterocycles. The van der Waals surface area contributed by atoms with Crippen LogP contribution in [-0.4, -0.2) is 34.7 Å². The number of hydroxylamine groups is 2. The van der Waals surface area contributed by atoms with Crippen LogP contribution in [0.15, 0.2) is 0 Å². The molecule has 1 heterocycles. The summed E-state index contributed by atoms with van der Waals surface area (Å²) in [5, 5.41) is 10.1. The van der Waals surface area contributed by atoms with Gasteiger partial charge in [-0.25, -0.2) is 4.79 Å². The highest BCUT2D eigenvalue weighted by molar-refractivity contribution is 5.67.